The zero-order chi connectivity index (χ0) is 18.1. The highest BCUT2D eigenvalue weighted by molar-refractivity contribution is 6.04. The summed E-state index contributed by atoms with van der Waals surface area (Å²) < 4.78 is 13.1. The number of nitrogens with zero attached hydrogens (tertiary/aromatic N) is 2. The molecule has 26 heavy (non-hydrogen) atoms. The molecule has 3 aromatic rings. The smallest absolute Gasteiger partial charge is 0.258 e. The Hall–Kier alpha value is -3.28. The van der Waals surface area contributed by atoms with Gasteiger partial charge in [-0.3, -0.25) is 9.48 Å². The van der Waals surface area contributed by atoms with E-state index in [0.717, 1.165) is 5.56 Å². The number of rotatable bonds is 4. The highest BCUT2D eigenvalue weighted by atomic mass is 16.7. The summed E-state index contributed by atoms with van der Waals surface area (Å²) in [6.45, 7) is 4.30. The third kappa shape index (κ3) is 3.39. The zero-order valence-electron chi connectivity index (χ0n) is 14.6. The Kier molecular flexibility index (Phi) is 3.88. The molecule has 0 bridgehead atoms. The summed E-state index contributed by atoms with van der Waals surface area (Å²) >= 11 is 0. The van der Waals surface area contributed by atoms with Crippen molar-refractivity contribution in [2.45, 2.75) is 26.2 Å². The highest BCUT2D eigenvalue weighted by Gasteiger charge is 2.31. The first kappa shape index (κ1) is 16.2. The molecule has 0 saturated heterocycles. The van der Waals surface area contributed by atoms with E-state index in [1.165, 1.54) is 0 Å². The predicted molar refractivity (Wildman–Crippen MR) is 97.5 cm³/mol. The number of ether oxygens (including phenoxy) is 2. The van der Waals surface area contributed by atoms with Crippen LogP contribution in [0.4, 0.5) is 5.69 Å². The van der Waals surface area contributed by atoms with Gasteiger partial charge >= 0.3 is 0 Å². The fourth-order valence-corrected chi connectivity index (χ4v) is 2.84. The molecule has 4 rings (SSSR count). The second-order valence-electron chi connectivity index (χ2n) is 6.63. The molecule has 132 valence electrons. The number of anilines is 1. The van der Waals surface area contributed by atoms with Crippen LogP contribution in [-0.4, -0.2) is 21.5 Å². The largest absolute Gasteiger partial charge is 0.449 e. The SMILES string of the molecule is CC1(C)Oc2ccc(NC(=O)c3cnn(Cc4ccccc4)c3)cc2O1. The third-order valence-corrected chi connectivity index (χ3v) is 4.00. The van der Waals surface area contributed by atoms with Crippen LogP contribution < -0.4 is 14.8 Å². The van der Waals surface area contributed by atoms with Gasteiger partial charge in [0, 0.05) is 31.8 Å². The molecule has 0 saturated carbocycles. The number of benzene rings is 2. The Morgan fingerprint density at radius 2 is 1.88 bits per heavy atom. The quantitative estimate of drug-likeness (QED) is 0.780. The van der Waals surface area contributed by atoms with E-state index in [2.05, 4.69) is 10.4 Å². The molecule has 1 aromatic heterocycles. The Balaban J connectivity index is 1.45. The van der Waals surface area contributed by atoms with Crippen LogP contribution in [0.5, 0.6) is 11.5 Å². The summed E-state index contributed by atoms with van der Waals surface area (Å²) in [5.41, 5.74) is 2.27. The average molecular weight is 349 g/mol. The topological polar surface area (TPSA) is 65.4 Å². The number of hydrogen-bond donors (Lipinski definition) is 1. The zero-order valence-corrected chi connectivity index (χ0v) is 14.6. The summed E-state index contributed by atoms with van der Waals surface area (Å²) in [6.07, 6.45) is 3.30. The standard InChI is InChI=1S/C20H19N3O3/c1-20(2)25-17-9-8-16(10-18(17)26-20)22-19(24)15-11-21-23(13-15)12-14-6-4-3-5-7-14/h3-11,13H,12H2,1-2H3,(H,22,24). The van der Waals surface area contributed by atoms with Crippen molar-refractivity contribution in [2.75, 3.05) is 5.32 Å². The maximum Gasteiger partial charge on any atom is 0.258 e. The van der Waals surface area contributed by atoms with Gasteiger partial charge < -0.3 is 14.8 Å². The molecule has 2 aromatic carbocycles. The summed E-state index contributed by atoms with van der Waals surface area (Å²) in [5.74, 6) is 0.377. The Labute approximate surface area is 151 Å². The minimum absolute atomic E-state index is 0.220. The molecule has 0 spiro atoms. The van der Waals surface area contributed by atoms with E-state index in [1.807, 2.05) is 44.2 Å². The van der Waals surface area contributed by atoms with Gasteiger partial charge in [-0.05, 0) is 17.7 Å². The molecular weight excluding hydrogens is 330 g/mol. The predicted octanol–water partition coefficient (Wildman–Crippen LogP) is 3.69. The van der Waals surface area contributed by atoms with Crippen molar-refractivity contribution in [3.63, 3.8) is 0 Å². The molecule has 1 aliphatic rings. The van der Waals surface area contributed by atoms with Crippen molar-refractivity contribution in [3.05, 3.63) is 72.1 Å². The number of hydrogen-bond acceptors (Lipinski definition) is 4. The van der Waals surface area contributed by atoms with Gasteiger partial charge in [0.25, 0.3) is 5.91 Å². The molecule has 1 N–H and O–H groups in total. The Morgan fingerprint density at radius 1 is 1.12 bits per heavy atom. The van der Waals surface area contributed by atoms with Crippen LogP contribution in [0.25, 0.3) is 0 Å². The number of amides is 1. The summed E-state index contributed by atoms with van der Waals surface area (Å²) in [6, 6.07) is 15.3. The van der Waals surface area contributed by atoms with Crippen LogP contribution in [0.3, 0.4) is 0 Å². The average Bonchev–Trinajstić information content (AvgIpc) is 3.18. The molecule has 2 heterocycles. The van der Waals surface area contributed by atoms with Crippen LogP contribution in [0.1, 0.15) is 29.8 Å². The minimum atomic E-state index is -0.691. The van der Waals surface area contributed by atoms with Crippen LogP contribution >= 0.6 is 0 Å². The lowest BCUT2D eigenvalue weighted by Crippen LogP contribution is -2.29. The van der Waals surface area contributed by atoms with E-state index < -0.39 is 5.79 Å². The molecule has 6 nitrogen and oxygen atoms in total. The van der Waals surface area contributed by atoms with Gasteiger partial charge in [-0.25, -0.2) is 0 Å². The van der Waals surface area contributed by atoms with Gasteiger partial charge in [0.05, 0.1) is 18.3 Å². The van der Waals surface area contributed by atoms with E-state index >= 15 is 0 Å². The van der Waals surface area contributed by atoms with Crippen LogP contribution in [0.2, 0.25) is 0 Å². The summed E-state index contributed by atoms with van der Waals surface area (Å²) in [4.78, 5) is 12.5. The third-order valence-electron chi connectivity index (χ3n) is 4.00. The van der Waals surface area contributed by atoms with E-state index in [-0.39, 0.29) is 5.91 Å². The van der Waals surface area contributed by atoms with Crippen molar-refractivity contribution in [1.29, 1.82) is 0 Å². The van der Waals surface area contributed by atoms with Crippen molar-refractivity contribution in [2.24, 2.45) is 0 Å². The lowest BCUT2D eigenvalue weighted by atomic mass is 10.2. The number of nitrogens with one attached hydrogen (secondary N) is 1. The Bertz CT molecular complexity index is 948. The molecule has 1 amide bonds. The first-order chi connectivity index (χ1) is 12.5. The number of aromatic nitrogens is 2. The maximum absolute atomic E-state index is 12.5. The number of carbonyl (C=O) groups is 1. The highest BCUT2D eigenvalue weighted by Crippen LogP contribution is 2.40. The van der Waals surface area contributed by atoms with Crippen molar-refractivity contribution in [1.82, 2.24) is 9.78 Å². The number of carbonyl (C=O) groups excluding carboxylic acids is 1. The van der Waals surface area contributed by atoms with E-state index in [4.69, 9.17) is 9.47 Å². The second kappa shape index (κ2) is 6.22. The summed E-state index contributed by atoms with van der Waals surface area (Å²) in [5, 5.41) is 7.13. The fourth-order valence-electron chi connectivity index (χ4n) is 2.84. The molecule has 6 heteroatoms. The van der Waals surface area contributed by atoms with Gasteiger partial charge in [-0.15, -0.1) is 0 Å². The molecule has 0 unspecified atom stereocenters. The van der Waals surface area contributed by atoms with Gasteiger partial charge in [0.1, 0.15) is 0 Å². The van der Waals surface area contributed by atoms with Crippen molar-refractivity contribution in [3.8, 4) is 11.5 Å². The van der Waals surface area contributed by atoms with Gasteiger partial charge in [-0.2, -0.15) is 5.10 Å². The van der Waals surface area contributed by atoms with Crippen molar-refractivity contribution >= 4 is 11.6 Å². The van der Waals surface area contributed by atoms with E-state index in [0.29, 0.717) is 29.3 Å². The van der Waals surface area contributed by atoms with Crippen LogP contribution in [0.15, 0.2) is 60.9 Å². The fraction of sp³-hybridized carbons (Fsp3) is 0.200. The second-order valence-corrected chi connectivity index (χ2v) is 6.63. The number of fused-ring (bicyclic) bond motifs is 1. The van der Waals surface area contributed by atoms with E-state index in [9.17, 15) is 4.79 Å². The molecule has 0 fully saturated rings. The molecular formula is C20H19N3O3. The van der Waals surface area contributed by atoms with Crippen LogP contribution in [0, 0.1) is 0 Å². The maximum atomic E-state index is 12.5. The van der Waals surface area contributed by atoms with Crippen molar-refractivity contribution < 1.29 is 14.3 Å². The van der Waals surface area contributed by atoms with E-state index in [1.54, 1.807) is 35.3 Å². The van der Waals surface area contributed by atoms with Gasteiger partial charge in [0.15, 0.2) is 11.5 Å². The molecule has 0 aliphatic carbocycles. The van der Waals surface area contributed by atoms with Gasteiger partial charge in [0.2, 0.25) is 5.79 Å². The minimum Gasteiger partial charge on any atom is -0.449 e. The van der Waals surface area contributed by atoms with Crippen LogP contribution in [-0.2, 0) is 6.54 Å². The molecule has 0 atom stereocenters. The molecule has 0 radical (unpaired) electrons. The lowest BCUT2D eigenvalue weighted by molar-refractivity contribution is -0.0431. The van der Waals surface area contributed by atoms with Gasteiger partial charge in [-0.1, -0.05) is 30.3 Å². The normalized spacial score (nSPS) is 14.2. The monoisotopic (exact) mass is 349 g/mol. The Morgan fingerprint density at radius 3 is 2.69 bits per heavy atom. The summed E-state index contributed by atoms with van der Waals surface area (Å²) in [7, 11) is 0. The lowest BCUT2D eigenvalue weighted by Gasteiger charge is -2.16. The first-order valence-electron chi connectivity index (χ1n) is 8.38. The first-order valence-corrected chi connectivity index (χ1v) is 8.38. The molecule has 1 aliphatic heterocycles.